The van der Waals surface area contributed by atoms with Crippen LogP contribution in [0.25, 0.3) is 0 Å². The number of amides is 1. The minimum atomic E-state index is -2.97. The van der Waals surface area contributed by atoms with Gasteiger partial charge in [-0.25, -0.2) is 8.42 Å². The Labute approximate surface area is 434 Å². The molecule has 2 aliphatic rings. The van der Waals surface area contributed by atoms with Crippen molar-refractivity contribution in [1.82, 2.24) is 64.0 Å². The zero-order chi connectivity index (χ0) is 53.7. The number of hydrogen-bond donors (Lipinski definition) is 1. The van der Waals surface area contributed by atoms with E-state index in [1.165, 1.54) is 55.5 Å². The van der Waals surface area contributed by atoms with E-state index in [1.807, 2.05) is 48.8 Å². The predicted molar refractivity (Wildman–Crippen MR) is 293 cm³/mol. The van der Waals surface area contributed by atoms with Crippen LogP contribution in [0.3, 0.4) is 0 Å². The van der Waals surface area contributed by atoms with Crippen LogP contribution in [-0.4, -0.2) is 145 Å². The summed E-state index contributed by atoms with van der Waals surface area (Å²) >= 11 is 0. The molecule has 2 saturated heterocycles. The molecule has 0 radical (unpaired) electrons. The molecule has 5 aromatic heterocycles. The second-order valence-electron chi connectivity index (χ2n) is 21.6. The minimum Gasteiger partial charge on any atom is -0.380 e. The monoisotopic (exact) mass is 1020 g/mol. The summed E-state index contributed by atoms with van der Waals surface area (Å²) in [5, 5.41) is 24.5. The number of carbonyl (C=O) groups is 1. The molecule has 406 valence electrons. The third kappa shape index (κ3) is 21.4. The maximum absolute atomic E-state index is 11.6. The first-order chi connectivity index (χ1) is 33.9. The summed E-state index contributed by atoms with van der Waals surface area (Å²) in [6, 6.07) is 1.23. The fourth-order valence-corrected chi connectivity index (χ4v) is 8.36. The summed E-state index contributed by atoms with van der Waals surface area (Å²) in [6.45, 7) is 33.3. The van der Waals surface area contributed by atoms with Crippen molar-refractivity contribution in [2.75, 3.05) is 60.2 Å². The van der Waals surface area contributed by atoms with Crippen molar-refractivity contribution in [2.24, 2.45) is 0 Å². The zero-order valence-corrected chi connectivity index (χ0v) is 48.2. The van der Waals surface area contributed by atoms with E-state index in [9.17, 15) is 13.2 Å². The fourth-order valence-electron chi connectivity index (χ4n) is 7.45. The number of likely N-dealkylation sites (tertiary alicyclic amines) is 1. The Balaban J connectivity index is 0.000000238. The summed E-state index contributed by atoms with van der Waals surface area (Å²) in [5.74, 6) is 2.82. The Morgan fingerprint density at radius 2 is 1.00 bits per heavy atom. The van der Waals surface area contributed by atoms with Gasteiger partial charge in [0.05, 0.1) is 73.3 Å². The number of likely N-dealkylation sites (N-methyl/N-ethyl adjacent to an activating group) is 1. The number of nitrogens with one attached hydrogen (secondary N) is 1. The highest BCUT2D eigenvalue weighted by molar-refractivity contribution is 7.91. The van der Waals surface area contributed by atoms with E-state index in [0.717, 1.165) is 30.8 Å². The van der Waals surface area contributed by atoms with Gasteiger partial charge in [0.15, 0.2) is 9.84 Å². The summed E-state index contributed by atoms with van der Waals surface area (Å²) in [4.78, 5) is 15.3. The average Bonchev–Trinajstić information content (AvgIpc) is 4.20. The SMILES string of the molecule is CC(C)c1cnn(C2CCN(C)CC2)c1.CC(C)c1cnn(C2CCNCC2)c1.CC(C)c1cnn(CC(=O)N(C)C)c1.CC(C)c1cnn(CCS(=O)(=O)C(C)C)c1.COC(C)Cn1cc(C(C)C)cn1. The predicted octanol–water partition coefficient (Wildman–Crippen LogP) is 9.17. The van der Waals surface area contributed by atoms with Crippen molar-refractivity contribution in [3.8, 4) is 0 Å². The number of aryl methyl sites for hydroxylation is 1. The Morgan fingerprint density at radius 1 is 0.611 bits per heavy atom. The molecule has 1 unspecified atom stereocenters. The van der Waals surface area contributed by atoms with E-state index in [-0.39, 0.29) is 23.0 Å². The van der Waals surface area contributed by atoms with Crippen molar-refractivity contribution in [3.05, 3.63) is 89.8 Å². The standard InChI is InChI=1S/C12H21N3.C11H19N3.C11H20N2O2S.C10H17N3O.C10H18N2O/c1-10(2)11-8-13-15(9-11)12-4-6-14(3)7-5-12;1-9(2)10-7-13-14(8-10)11-3-5-12-6-4-11;1-9(2)11-7-12-13(8-11)5-6-16(14,15)10(3)4;1-8(2)9-5-11-13(6-9)7-10(14)12(3)4;1-8(2)10-5-11-12(7-10)6-9(3)13-4/h8-10,12H,4-7H2,1-3H3;7-9,11-12H,3-6H2,1-2H3;7-10H,5-6H2,1-4H3;5-6,8H,7H2,1-4H3;5,7-9H,6H2,1-4H3. The number of sulfone groups is 1. The first-order valence-corrected chi connectivity index (χ1v) is 28.1. The van der Waals surface area contributed by atoms with Crippen LogP contribution in [-0.2, 0) is 39.0 Å². The van der Waals surface area contributed by atoms with Crippen LogP contribution >= 0.6 is 0 Å². The van der Waals surface area contributed by atoms with Crippen LogP contribution in [0.15, 0.2) is 62.0 Å². The van der Waals surface area contributed by atoms with E-state index >= 15 is 0 Å². The summed E-state index contributed by atoms with van der Waals surface area (Å²) < 4.78 is 38.0. The molecule has 1 N–H and O–H groups in total. The Hall–Kier alpha value is -4.65. The van der Waals surface area contributed by atoms with Gasteiger partial charge in [0.1, 0.15) is 6.54 Å². The summed E-state index contributed by atoms with van der Waals surface area (Å²) in [6.07, 6.45) is 25.0. The number of hydrogen-bond acceptors (Lipinski definition) is 11. The van der Waals surface area contributed by atoms with Crippen LogP contribution < -0.4 is 5.32 Å². The number of aromatic nitrogens is 10. The molecule has 2 aliphatic heterocycles. The number of ether oxygens (including phenoxy) is 1. The number of carbonyl (C=O) groups excluding carboxylic acids is 1. The van der Waals surface area contributed by atoms with Gasteiger partial charge >= 0.3 is 0 Å². The molecule has 1 amide bonds. The van der Waals surface area contributed by atoms with Crippen LogP contribution in [0, 0.1) is 0 Å². The quantitative estimate of drug-likeness (QED) is 0.100. The van der Waals surface area contributed by atoms with Crippen LogP contribution in [0.2, 0.25) is 0 Å². The molecule has 0 saturated carbocycles. The van der Waals surface area contributed by atoms with Gasteiger partial charge in [-0.1, -0.05) is 69.2 Å². The second kappa shape index (κ2) is 30.5. The normalized spacial score (nSPS) is 15.2. The van der Waals surface area contributed by atoms with Crippen molar-refractivity contribution >= 4 is 15.7 Å². The lowest BCUT2D eigenvalue weighted by Crippen LogP contribution is -2.31. The van der Waals surface area contributed by atoms with Gasteiger partial charge in [-0.15, -0.1) is 0 Å². The van der Waals surface area contributed by atoms with Crippen molar-refractivity contribution in [2.45, 2.75) is 188 Å². The Morgan fingerprint density at radius 3 is 1.40 bits per heavy atom. The average molecular weight is 1020 g/mol. The maximum Gasteiger partial charge on any atom is 0.243 e. The number of piperidine rings is 2. The molecule has 17 nitrogen and oxygen atoms in total. The molecule has 7 rings (SSSR count). The lowest BCUT2D eigenvalue weighted by molar-refractivity contribution is -0.129. The molecule has 2 fully saturated rings. The van der Waals surface area contributed by atoms with Gasteiger partial charge in [0.2, 0.25) is 5.91 Å². The third-order valence-electron chi connectivity index (χ3n) is 13.2. The third-order valence-corrected chi connectivity index (χ3v) is 15.4. The minimum absolute atomic E-state index is 0.0587. The van der Waals surface area contributed by atoms with E-state index < -0.39 is 9.84 Å². The fraction of sp³-hybridized carbons (Fsp3) is 0.704. The van der Waals surface area contributed by atoms with Gasteiger partial charge in [-0.05, 0) is 137 Å². The second-order valence-corrected chi connectivity index (χ2v) is 24.2. The first-order valence-electron chi connectivity index (χ1n) is 26.4. The lowest BCUT2D eigenvalue weighted by Gasteiger charge is -2.29. The molecule has 0 aromatic carbocycles. The highest BCUT2D eigenvalue weighted by Gasteiger charge is 2.20. The molecular weight excluding hydrogens is 927 g/mol. The molecule has 0 aliphatic carbocycles. The molecule has 0 bridgehead atoms. The zero-order valence-electron chi connectivity index (χ0n) is 47.4. The molecule has 1 atom stereocenters. The lowest BCUT2D eigenvalue weighted by atomic mass is 10.1. The Bertz CT molecular complexity index is 2360. The topological polar surface area (TPSA) is 168 Å². The highest BCUT2D eigenvalue weighted by Crippen LogP contribution is 2.24. The van der Waals surface area contributed by atoms with E-state index in [2.05, 4.69) is 140 Å². The smallest absolute Gasteiger partial charge is 0.243 e. The largest absolute Gasteiger partial charge is 0.380 e. The molecule has 72 heavy (non-hydrogen) atoms. The molecular formula is C54H95N13O4S. The number of rotatable bonds is 16. The number of nitrogens with zero attached hydrogens (tertiary/aromatic N) is 12. The summed E-state index contributed by atoms with van der Waals surface area (Å²) in [5.41, 5.74) is 6.29. The van der Waals surface area contributed by atoms with Crippen LogP contribution in [0.1, 0.15) is 185 Å². The van der Waals surface area contributed by atoms with Crippen LogP contribution in [0.4, 0.5) is 0 Å². The van der Waals surface area contributed by atoms with Crippen molar-refractivity contribution in [1.29, 1.82) is 0 Å². The van der Waals surface area contributed by atoms with E-state index in [0.29, 0.717) is 54.8 Å². The van der Waals surface area contributed by atoms with Crippen LogP contribution in [0.5, 0.6) is 0 Å². The van der Waals surface area contributed by atoms with Crippen molar-refractivity contribution in [3.63, 3.8) is 0 Å². The van der Waals surface area contributed by atoms with Crippen molar-refractivity contribution < 1.29 is 17.9 Å². The van der Waals surface area contributed by atoms with Gasteiger partial charge in [-0.3, -0.25) is 28.2 Å². The van der Waals surface area contributed by atoms with Gasteiger partial charge in [0, 0.05) is 52.2 Å². The molecule has 0 spiro atoms. The van der Waals surface area contributed by atoms with Gasteiger partial charge in [0.25, 0.3) is 0 Å². The first kappa shape index (κ1) is 61.6. The van der Waals surface area contributed by atoms with E-state index in [4.69, 9.17) is 4.74 Å². The highest BCUT2D eigenvalue weighted by atomic mass is 32.2. The molecule has 5 aromatic rings. The Kier molecular flexibility index (Phi) is 26.1. The molecule has 7 heterocycles. The van der Waals surface area contributed by atoms with Gasteiger partial charge < -0.3 is 19.9 Å². The molecule has 18 heteroatoms. The number of methoxy groups -OCH3 is 1. The maximum atomic E-state index is 11.6. The van der Waals surface area contributed by atoms with E-state index in [1.54, 1.807) is 55.5 Å². The summed E-state index contributed by atoms with van der Waals surface area (Å²) in [7, 11) is 4.44. The van der Waals surface area contributed by atoms with Gasteiger partial charge in [-0.2, -0.15) is 25.5 Å².